The lowest BCUT2D eigenvalue weighted by atomic mass is 9.84. The number of carboxylic acids is 1. The minimum absolute atomic E-state index is 0.00545. The Morgan fingerprint density at radius 2 is 1.74 bits per heavy atom. The third kappa shape index (κ3) is 5.21. The van der Waals surface area contributed by atoms with Gasteiger partial charge in [0.2, 0.25) is 0 Å². The van der Waals surface area contributed by atoms with E-state index in [0.717, 1.165) is 32.1 Å². The molecule has 0 unspecified atom stereocenters. The second kappa shape index (κ2) is 10.7. The quantitative estimate of drug-likeness (QED) is 0.263. The maximum atomic E-state index is 16.0. The van der Waals surface area contributed by atoms with Gasteiger partial charge in [0.1, 0.15) is 5.82 Å². The number of nitrogens with zero attached hydrogens (tertiary/aromatic N) is 3. The fourth-order valence-electron chi connectivity index (χ4n) is 5.00. The van der Waals surface area contributed by atoms with Crippen LogP contribution in [0, 0.1) is 5.82 Å². The first kappa shape index (κ1) is 26.7. The Morgan fingerprint density at radius 1 is 1.05 bits per heavy atom. The monoisotopic (exact) mass is 548 g/mol. The summed E-state index contributed by atoms with van der Waals surface area (Å²) in [6, 6.07) is 18.1. The normalized spacial score (nSPS) is 14.4. The number of carbonyl (C=O) groups is 2. The van der Waals surface area contributed by atoms with E-state index in [1.54, 1.807) is 35.0 Å². The van der Waals surface area contributed by atoms with Crippen LogP contribution >= 0.6 is 11.6 Å². The van der Waals surface area contributed by atoms with Gasteiger partial charge in [-0.15, -0.1) is 0 Å². The van der Waals surface area contributed by atoms with E-state index < -0.39 is 23.2 Å². The Kier molecular flexibility index (Phi) is 7.32. The van der Waals surface area contributed by atoms with Gasteiger partial charge in [-0.05, 0) is 80.8 Å². The number of benzene rings is 3. The number of hydrogen-bond donors (Lipinski definition) is 2. The van der Waals surface area contributed by atoms with Crippen molar-refractivity contribution in [2.45, 2.75) is 57.4 Å². The smallest absolute Gasteiger partial charge is 0.328 e. The zero-order chi connectivity index (χ0) is 27.7. The highest BCUT2D eigenvalue weighted by Gasteiger charge is 2.33. The van der Waals surface area contributed by atoms with Gasteiger partial charge < -0.3 is 10.4 Å². The number of carboxylic acid groups (broad SMARTS) is 1. The highest BCUT2D eigenvalue weighted by molar-refractivity contribution is 6.30. The molecule has 0 saturated heterocycles. The first-order chi connectivity index (χ1) is 18.7. The number of nitrogens with one attached hydrogen (secondary N) is 1. The van der Waals surface area contributed by atoms with Gasteiger partial charge in [-0.25, -0.2) is 18.8 Å². The number of amides is 2. The highest BCUT2D eigenvalue weighted by Crippen LogP contribution is 2.38. The number of carbonyl (C=O) groups excluding carboxylic acids is 1. The molecular weight excluding hydrogens is 519 g/mol. The van der Waals surface area contributed by atoms with E-state index in [0.29, 0.717) is 33.0 Å². The Labute approximate surface area is 231 Å². The van der Waals surface area contributed by atoms with E-state index in [9.17, 15) is 14.7 Å². The predicted octanol–water partition coefficient (Wildman–Crippen LogP) is 7.36. The van der Waals surface area contributed by atoms with Crippen molar-refractivity contribution in [1.82, 2.24) is 15.1 Å². The number of aliphatic carboxylic acids is 1. The lowest BCUT2D eigenvalue weighted by Crippen LogP contribution is -2.44. The van der Waals surface area contributed by atoms with Gasteiger partial charge in [-0.2, -0.15) is 5.10 Å². The standard InChI is InChI=1S/C30H30ClFN4O3/c1-30(2,28(37)38)19-12-17-26(24(32)18-19)35(29(39)33-21-8-4-3-5-9-21)27-23-10-6-7-11-25(23)34-36(27)22-15-13-20(31)14-16-22/h6-7,10-18,21H,3-5,8-9H2,1-2H3,(H,33,39)(H,37,38). The summed E-state index contributed by atoms with van der Waals surface area (Å²) in [6.45, 7) is 3.03. The van der Waals surface area contributed by atoms with Crippen LogP contribution in [0.3, 0.4) is 0 Å². The zero-order valence-corrected chi connectivity index (χ0v) is 22.6. The van der Waals surface area contributed by atoms with Crippen LogP contribution in [0.15, 0.2) is 66.7 Å². The molecule has 5 rings (SSSR count). The summed E-state index contributed by atoms with van der Waals surface area (Å²) >= 11 is 6.13. The molecule has 1 aliphatic carbocycles. The molecule has 1 fully saturated rings. The van der Waals surface area contributed by atoms with E-state index >= 15 is 4.39 Å². The van der Waals surface area contributed by atoms with E-state index in [2.05, 4.69) is 5.32 Å². The summed E-state index contributed by atoms with van der Waals surface area (Å²) in [5.74, 6) is -1.42. The summed E-state index contributed by atoms with van der Waals surface area (Å²) in [4.78, 5) is 27.2. The average Bonchev–Trinajstić information content (AvgIpc) is 3.30. The molecule has 0 aliphatic heterocycles. The number of fused-ring (bicyclic) bond motifs is 1. The predicted molar refractivity (Wildman–Crippen MR) is 151 cm³/mol. The molecule has 7 nitrogen and oxygen atoms in total. The Morgan fingerprint density at radius 3 is 2.41 bits per heavy atom. The average molecular weight is 549 g/mol. The van der Waals surface area contributed by atoms with Gasteiger partial charge in [-0.1, -0.05) is 49.1 Å². The summed E-state index contributed by atoms with van der Waals surface area (Å²) < 4.78 is 17.6. The van der Waals surface area contributed by atoms with Gasteiger partial charge in [-0.3, -0.25) is 4.79 Å². The van der Waals surface area contributed by atoms with E-state index in [-0.39, 0.29) is 11.7 Å². The largest absolute Gasteiger partial charge is 0.481 e. The third-order valence-corrected chi connectivity index (χ3v) is 7.67. The molecule has 39 heavy (non-hydrogen) atoms. The van der Waals surface area contributed by atoms with E-state index in [1.807, 2.05) is 24.3 Å². The van der Waals surface area contributed by atoms with Crippen LogP contribution in [-0.4, -0.2) is 32.9 Å². The summed E-state index contributed by atoms with van der Waals surface area (Å²) in [7, 11) is 0. The molecular formula is C30H30ClFN4O3. The number of anilines is 2. The molecule has 0 spiro atoms. The third-order valence-electron chi connectivity index (χ3n) is 7.42. The molecule has 202 valence electrons. The first-order valence-electron chi connectivity index (χ1n) is 13.0. The lowest BCUT2D eigenvalue weighted by molar-refractivity contribution is -0.142. The van der Waals surface area contributed by atoms with Gasteiger partial charge in [0.15, 0.2) is 5.82 Å². The Hall–Kier alpha value is -3.91. The van der Waals surface area contributed by atoms with Gasteiger partial charge in [0, 0.05) is 16.5 Å². The van der Waals surface area contributed by atoms with Crippen LogP contribution in [0.1, 0.15) is 51.5 Å². The summed E-state index contributed by atoms with van der Waals surface area (Å²) in [5.41, 5.74) is 0.243. The maximum absolute atomic E-state index is 16.0. The SMILES string of the molecule is CC(C)(C(=O)O)c1ccc(N(C(=O)NC2CCCCC2)c2c3ccccc3nn2-c2ccc(Cl)cc2)c(F)c1. The van der Waals surface area contributed by atoms with Crippen molar-refractivity contribution in [3.63, 3.8) is 0 Å². The van der Waals surface area contributed by atoms with Crippen molar-refractivity contribution in [1.29, 1.82) is 0 Å². The molecule has 1 aliphatic rings. The van der Waals surface area contributed by atoms with Crippen molar-refractivity contribution in [2.75, 3.05) is 4.90 Å². The number of hydrogen-bond acceptors (Lipinski definition) is 3. The molecule has 1 aromatic heterocycles. The first-order valence-corrected chi connectivity index (χ1v) is 13.4. The molecule has 0 atom stereocenters. The lowest BCUT2D eigenvalue weighted by Gasteiger charge is -2.30. The Bertz CT molecular complexity index is 1530. The van der Waals surface area contributed by atoms with Crippen LogP contribution in [-0.2, 0) is 10.2 Å². The molecule has 0 radical (unpaired) electrons. The van der Waals surface area contributed by atoms with Crippen LogP contribution in [0.25, 0.3) is 16.6 Å². The number of rotatable bonds is 6. The molecule has 3 aromatic carbocycles. The van der Waals surface area contributed by atoms with Gasteiger partial charge in [0.05, 0.1) is 22.3 Å². The molecule has 1 heterocycles. The zero-order valence-electron chi connectivity index (χ0n) is 21.8. The molecule has 2 amide bonds. The van der Waals surface area contributed by atoms with Crippen LogP contribution < -0.4 is 10.2 Å². The van der Waals surface area contributed by atoms with Crippen molar-refractivity contribution in [2.24, 2.45) is 0 Å². The van der Waals surface area contributed by atoms with Gasteiger partial charge in [0.25, 0.3) is 0 Å². The van der Waals surface area contributed by atoms with Crippen LogP contribution in [0.4, 0.5) is 20.7 Å². The molecule has 9 heteroatoms. The van der Waals surface area contributed by atoms with Crippen molar-refractivity contribution in [3.8, 4) is 5.69 Å². The second-order valence-electron chi connectivity index (χ2n) is 10.4. The van der Waals surface area contributed by atoms with E-state index in [4.69, 9.17) is 16.7 Å². The van der Waals surface area contributed by atoms with Crippen molar-refractivity contribution in [3.05, 3.63) is 83.1 Å². The minimum atomic E-state index is -1.31. The second-order valence-corrected chi connectivity index (χ2v) is 10.9. The minimum Gasteiger partial charge on any atom is -0.481 e. The molecule has 1 saturated carbocycles. The molecule has 4 aromatic rings. The number of halogens is 2. The number of aromatic nitrogens is 2. The topological polar surface area (TPSA) is 87.5 Å². The maximum Gasteiger partial charge on any atom is 0.328 e. The van der Waals surface area contributed by atoms with Gasteiger partial charge >= 0.3 is 12.0 Å². The number of urea groups is 1. The fraction of sp³-hybridized carbons (Fsp3) is 0.300. The molecule has 2 N–H and O–H groups in total. The Balaban J connectivity index is 1.70. The highest BCUT2D eigenvalue weighted by atomic mass is 35.5. The summed E-state index contributed by atoms with van der Waals surface area (Å²) in [6.07, 6.45) is 4.86. The summed E-state index contributed by atoms with van der Waals surface area (Å²) in [5, 5.41) is 18.7. The van der Waals surface area contributed by atoms with Crippen LogP contribution in [0.5, 0.6) is 0 Å². The van der Waals surface area contributed by atoms with Crippen molar-refractivity contribution >= 4 is 46.0 Å². The fourth-order valence-corrected chi connectivity index (χ4v) is 5.13. The van der Waals surface area contributed by atoms with Crippen LogP contribution in [0.2, 0.25) is 5.02 Å². The molecule has 0 bridgehead atoms. The van der Waals surface area contributed by atoms with E-state index in [1.165, 1.54) is 30.9 Å². The van der Waals surface area contributed by atoms with Crippen molar-refractivity contribution < 1.29 is 19.1 Å².